The molecule has 0 aliphatic rings. The number of aryl methyl sites for hydroxylation is 1. The Bertz CT molecular complexity index is 1130. The fraction of sp³-hybridized carbons (Fsp3) is 0.136. The molecular weight excluding hydrogens is 408 g/mol. The molecule has 0 radical (unpaired) electrons. The normalized spacial score (nSPS) is 11.1. The van der Waals surface area contributed by atoms with E-state index in [0.717, 1.165) is 15.4 Å². The Morgan fingerprint density at radius 3 is 2.34 bits per heavy atom. The Kier molecular flexibility index (Phi) is 6.25. The second-order valence-corrected chi connectivity index (χ2v) is 8.90. The zero-order chi connectivity index (χ0) is 21.0. The van der Waals surface area contributed by atoms with Crippen LogP contribution in [0.2, 0.25) is 5.02 Å². The van der Waals surface area contributed by atoms with Crippen molar-refractivity contribution in [3.8, 4) is 0 Å². The van der Waals surface area contributed by atoms with E-state index in [2.05, 4.69) is 5.32 Å². The number of hydrogen-bond donors (Lipinski definition) is 1. The minimum Gasteiger partial charge on any atom is -0.324 e. The molecule has 3 rings (SSSR count). The van der Waals surface area contributed by atoms with E-state index in [-0.39, 0.29) is 11.4 Å². The van der Waals surface area contributed by atoms with Crippen molar-refractivity contribution in [3.63, 3.8) is 0 Å². The van der Waals surface area contributed by atoms with Crippen LogP contribution in [0, 0.1) is 13.8 Å². The number of benzene rings is 3. The number of nitrogens with zero attached hydrogens (tertiary/aromatic N) is 1. The molecule has 5 nitrogen and oxygen atoms in total. The number of halogens is 1. The Morgan fingerprint density at radius 1 is 0.966 bits per heavy atom. The van der Waals surface area contributed by atoms with Gasteiger partial charge in [0.1, 0.15) is 6.54 Å². The van der Waals surface area contributed by atoms with Crippen molar-refractivity contribution >= 4 is 38.9 Å². The van der Waals surface area contributed by atoms with Gasteiger partial charge < -0.3 is 5.32 Å². The molecule has 1 N–H and O–H groups in total. The van der Waals surface area contributed by atoms with Crippen LogP contribution in [0.1, 0.15) is 11.1 Å². The van der Waals surface area contributed by atoms with Gasteiger partial charge >= 0.3 is 0 Å². The molecule has 0 aliphatic carbocycles. The van der Waals surface area contributed by atoms with Gasteiger partial charge in [0.15, 0.2) is 0 Å². The van der Waals surface area contributed by atoms with Crippen LogP contribution in [0.3, 0.4) is 0 Å². The minimum absolute atomic E-state index is 0.122. The summed E-state index contributed by atoms with van der Waals surface area (Å²) in [6, 6.07) is 20.2. The molecular formula is C22H21ClN2O3S. The molecule has 1 amide bonds. The number of sulfonamides is 1. The van der Waals surface area contributed by atoms with Gasteiger partial charge in [-0.3, -0.25) is 9.10 Å². The predicted molar refractivity (Wildman–Crippen MR) is 117 cm³/mol. The van der Waals surface area contributed by atoms with Crippen molar-refractivity contribution in [1.82, 2.24) is 0 Å². The van der Waals surface area contributed by atoms with E-state index in [9.17, 15) is 13.2 Å². The summed E-state index contributed by atoms with van der Waals surface area (Å²) in [6.45, 7) is 3.37. The number of carbonyl (C=O) groups is 1. The molecule has 0 saturated heterocycles. The van der Waals surface area contributed by atoms with Crippen molar-refractivity contribution in [1.29, 1.82) is 0 Å². The molecule has 0 aliphatic heterocycles. The lowest BCUT2D eigenvalue weighted by Crippen LogP contribution is -2.38. The summed E-state index contributed by atoms with van der Waals surface area (Å²) in [6.07, 6.45) is 0. The van der Waals surface area contributed by atoms with E-state index in [1.165, 1.54) is 12.1 Å². The molecule has 0 atom stereocenters. The number of hydrogen-bond acceptors (Lipinski definition) is 3. The van der Waals surface area contributed by atoms with Gasteiger partial charge in [0.25, 0.3) is 10.0 Å². The van der Waals surface area contributed by atoms with Gasteiger partial charge in [-0.05, 0) is 61.4 Å². The summed E-state index contributed by atoms with van der Waals surface area (Å²) >= 11 is 5.96. The summed E-state index contributed by atoms with van der Waals surface area (Å²) in [5, 5.41) is 3.19. The summed E-state index contributed by atoms with van der Waals surface area (Å²) in [5.41, 5.74) is 2.70. The Labute approximate surface area is 176 Å². The van der Waals surface area contributed by atoms with Gasteiger partial charge in [0.2, 0.25) is 5.91 Å². The topological polar surface area (TPSA) is 66.5 Å². The maximum Gasteiger partial charge on any atom is 0.264 e. The minimum atomic E-state index is -3.94. The number of rotatable bonds is 6. The van der Waals surface area contributed by atoms with Crippen molar-refractivity contribution in [2.75, 3.05) is 16.2 Å². The van der Waals surface area contributed by atoms with E-state index >= 15 is 0 Å². The fourth-order valence-electron chi connectivity index (χ4n) is 2.92. The highest BCUT2D eigenvalue weighted by Gasteiger charge is 2.28. The van der Waals surface area contributed by atoms with Crippen LogP contribution >= 0.6 is 11.6 Å². The largest absolute Gasteiger partial charge is 0.324 e. The number of anilines is 2. The van der Waals surface area contributed by atoms with Crippen LogP contribution in [-0.4, -0.2) is 20.9 Å². The SMILES string of the molecule is Cc1cccc(N(CC(=O)Nc2cccc(Cl)c2)S(=O)(=O)c2ccccc2)c1C. The second-order valence-electron chi connectivity index (χ2n) is 6.60. The smallest absolute Gasteiger partial charge is 0.264 e. The molecule has 150 valence electrons. The van der Waals surface area contributed by atoms with E-state index in [4.69, 9.17) is 11.6 Å². The number of nitrogens with one attached hydrogen (secondary N) is 1. The highest BCUT2D eigenvalue weighted by atomic mass is 35.5. The van der Waals surface area contributed by atoms with Crippen LogP contribution in [0.5, 0.6) is 0 Å². The molecule has 0 spiro atoms. The first-order valence-corrected chi connectivity index (χ1v) is 10.8. The quantitative estimate of drug-likeness (QED) is 0.613. The lowest BCUT2D eigenvalue weighted by Gasteiger charge is -2.26. The van der Waals surface area contributed by atoms with Crippen LogP contribution in [0.25, 0.3) is 0 Å². The summed E-state index contributed by atoms with van der Waals surface area (Å²) in [4.78, 5) is 12.8. The average molecular weight is 429 g/mol. The molecule has 0 heterocycles. The molecule has 0 saturated carbocycles. The zero-order valence-corrected chi connectivity index (χ0v) is 17.7. The first-order valence-electron chi connectivity index (χ1n) is 8.98. The fourth-order valence-corrected chi connectivity index (χ4v) is 4.61. The van der Waals surface area contributed by atoms with Crippen LogP contribution in [0.4, 0.5) is 11.4 Å². The van der Waals surface area contributed by atoms with Crippen molar-refractivity contribution in [2.24, 2.45) is 0 Å². The lowest BCUT2D eigenvalue weighted by atomic mass is 10.1. The molecule has 0 bridgehead atoms. The zero-order valence-electron chi connectivity index (χ0n) is 16.1. The Hall–Kier alpha value is -2.83. The van der Waals surface area contributed by atoms with Crippen molar-refractivity contribution in [2.45, 2.75) is 18.7 Å². The van der Waals surface area contributed by atoms with E-state index in [1.54, 1.807) is 54.6 Å². The van der Waals surface area contributed by atoms with Gasteiger partial charge in [-0.2, -0.15) is 0 Å². The van der Waals surface area contributed by atoms with Gasteiger partial charge in [-0.1, -0.05) is 48.0 Å². The first kappa shape index (κ1) is 20.9. The molecule has 0 aromatic heterocycles. The molecule has 3 aromatic rings. The van der Waals surface area contributed by atoms with Crippen molar-refractivity contribution in [3.05, 3.63) is 88.9 Å². The highest BCUT2D eigenvalue weighted by Crippen LogP contribution is 2.28. The highest BCUT2D eigenvalue weighted by molar-refractivity contribution is 7.92. The van der Waals surface area contributed by atoms with Crippen molar-refractivity contribution < 1.29 is 13.2 Å². The van der Waals surface area contributed by atoms with E-state index in [0.29, 0.717) is 16.4 Å². The molecule has 0 unspecified atom stereocenters. The molecule has 29 heavy (non-hydrogen) atoms. The third kappa shape index (κ3) is 4.78. The molecule has 0 fully saturated rings. The van der Waals surface area contributed by atoms with Gasteiger partial charge in [-0.15, -0.1) is 0 Å². The number of carbonyl (C=O) groups excluding carboxylic acids is 1. The summed E-state index contributed by atoms with van der Waals surface area (Å²) in [5.74, 6) is -0.465. The van der Waals surface area contributed by atoms with E-state index < -0.39 is 15.9 Å². The average Bonchev–Trinajstić information content (AvgIpc) is 2.69. The third-order valence-electron chi connectivity index (χ3n) is 4.57. The predicted octanol–water partition coefficient (Wildman–Crippen LogP) is 4.79. The second kappa shape index (κ2) is 8.68. The van der Waals surface area contributed by atoms with Crippen LogP contribution in [0.15, 0.2) is 77.7 Å². The summed E-state index contributed by atoms with van der Waals surface area (Å²) in [7, 11) is -3.94. The van der Waals surface area contributed by atoms with E-state index in [1.807, 2.05) is 19.9 Å². The molecule has 7 heteroatoms. The van der Waals surface area contributed by atoms with Gasteiger partial charge in [-0.25, -0.2) is 8.42 Å². The first-order chi connectivity index (χ1) is 13.8. The number of amides is 1. The molecule has 3 aromatic carbocycles. The maximum absolute atomic E-state index is 13.4. The Balaban J connectivity index is 1.99. The monoisotopic (exact) mass is 428 g/mol. The Morgan fingerprint density at radius 2 is 1.66 bits per heavy atom. The summed E-state index contributed by atoms with van der Waals surface area (Å²) < 4.78 is 27.9. The van der Waals surface area contributed by atoms with Crippen LogP contribution < -0.4 is 9.62 Å². The standard InChI is InChI=1S/C22H21ClN2O3S/c1-16-8-6-13-21(17(16)2)25(29(27,28)20-11-4-3-5-12-20)15-22(26)24-19-10-7-9-18(23)14-19/h3-14H,15H2,1-2H3,(H,24,26). The van der Waals surface area contributed by atoms with Gasteiger partial charge in [0, 0.05) is 10.7 Å². The van der Waals surface area contributed by atoms with Gasteiger partial charge in [0.05, 0.1) is 10.6 Å². The maximum atomic E-state index is 13.4. The van der Waals surface area contributed by atoms with Crippen LogP contribution in [-0.2, 0) is 14.8 Å². The lowest BCUT2D eigenvalue weighted by molar-refractivity contribution is -0.114. The third-order valence-corrected chi connectivity index (χ3v) is 6.58.